The lowest BCUT2D eigenvalue weighted by molar-refractivity contribution is -0.0450. The number of ether oxygens (including phenoxy) is 1. The van der Waals surface area contributed by atoms with Crippen LogP contribution in [0.4, 0.5) is 0 Å². The van der Waals surface area contributed by atoms with Crippen LogP contribution in [-0.2, 0) is 13.8 Å². The Kier molecular flexibility index (Phi) is 4.26. The summed E-state index contributed by atoms with van der Waals surface area (Å²) in [6.07, 6.45) is -0.823. The molecule has 3 rings (SSSR count). The second kappa shape index (κ2) is 6.06. The molecule has 3 heterocycles. The fraction of sp³-hybridized carbons (Fsp3) is 0.583. The molecule has 2 unspecified atom stereocenters. The average molecular weight is 343 g/mol. The monoisotopic (exact) mass is 343 g/mol. The highest BCUT2D eigenvalue weighted by atomic mass is 31.1. The average Bonchev–Trinajstić information content (AvgIpc) is 3.01. The van der Waals surface area contributed by atoms with Crippen LogP contribution in [0.2, 0.25) is 0 Å². The lowest BCUT2D eigenvalue weighted by Crippen LogP contribution is -2.27. The molecule has 11 heteroatoms. The number of imidazole rings is 1. The van der Waals surface area contributed by atoms with Crippen molar-refractivity contribution in [2.75, 3.05) is 6.61 Å². The minimum absolute atomic E-state index is 0.131. The van der Waals surface area contributed by atoms with Crippen molar-refractivity contribution >= 4 is 19.4 Å². The molecule has 0 bridgehead atoms. The predicted octanol–water partition coefficient (Wildman–Crippen LogP) is -0.0113. The van der Waals surface area contributed by atoms with Gasteiger partial charge in [0.2, 0.25) is 0 Å². The summed E-state index contributed by atoms with van der Waals surface area (Å²) in [5.41, 5.74) is 0.0250. The van der Waals surface area contributed by atoms with Gasteiger partial charge >= 0.3 is 8.25 Å². The van der Waals surface area contributed by atoms with E-state index in [0.29, 0.717) is 5.82 Å². The molecule has 0 aromatic carbocycles. The van der Waals surface area contributed by atoms with E-state index in [1.165, 1.54) is 10.9 Å². The zero-order chi connectivity index (χ0) is 16.7. The van der Waals surface area contributed by atoms with E-state index in [9.17, 15) is 14.5 Å². The Balaban J connectivity index is 2.08. The Bertz CT molecular complexity index is 804. The van der Waals surface area contributed by atoms with Crippen LogP contribution in [0.1, 0.15) is 19.0 Å². The molecule has 2 aromatic heterocycles. The maximum atomic E-state index is 11.9. The van der Waals surface area contributed by atoms with E-state index in [1.807, 2.05) is 0 Å². The van der Waals surface area contributed by atoms with Gasteiger partial charge in [-0.3, -0.25) is 9.36 Å². The molecule has 1 saturated heterocycles. The molecule has 2 aromatic rings. The molecule has 0 saturated carbocycles. The molecule has 1 fully saturated rings. The second-order valence-corrected chi connectivity index (χ2v) is 6.08. The van der Waals surface area contributed by atoms with Gasteiger partial charge in [-0.2, -0.15) is 0 Å². The van der Waals surface area contributed by atoms with Crippen molar-refractivity contribution in [3.63, 3.8) is 0 Å². The molecule has 23 heavy (non-hydrogen) atoms. The number of hydrogen-bond acceptors (Lipinski definition) is 7. The SMILES string of the molecule is Cc1nc2c(ncn2[C@@H]2O[C@H](CO)C(C)[C@@H]2O[P+](=O)O)c(=O)[nH]1. The zero-order valence-electron chi connectivity index (χ0n) is 12.4. The molecule has 1 aliphatic rings. The Morgan fingerprint density at radius 1 is 1.57 bits per heavy atom. The lowest BCUT2D eigenvalue weighted by Gasteiger charge is -2.16. The van der Waals surface area contributed by atoms with Crippen molar-refractivity contribution in [1.29, 1.82) is 0 Å². The third-order valence-corrected chi connectivity index (χ3v) is 4.34. The van der Waals surface area contributed by atoms with E-state index in [4.69, 9.17) is 14.2 Å². The molecule has 10 nitrogen and oxygen atoms in total. The normalized spacial score (nSPS) is 28.4. The van der Waals surface area contributed by atoms with Crippen molar-refractivity contribution in [2.45, 2.75) is 32.3 Å². The van der Waals surface area contributed by atoms with Gasteiger partial charge < -0.3 is 14.8 Å². The summed E-state index contributed by atoms with van der Waals surface area (Å²) in [7, 11) is -2.85. The van der Waals surface area contributed by atoms with Crippen LogP contribution in [0, 0.1) is 12.8 Å². The summed E-state index contributed by atoms with van der Waals surface area (Å²) in [5.74, 6) is 0.0661. The van der Waals surface area contributed by atoms with Crippen molar-refractivity contribution in [1.82, 2.24) is 19.5 Å². The quantitative estimate of drug-likeness (QED) is 0.659. The lowest BCUT2D eigenvalue weighted by atomic mass is 10.0. The molecule has 1 aliphatic heterocycles. The fourth-order valence-corrected chi connectivity index (χ4v) is 3.26. The number of aryl methyl sites for hydroxylation is 1. The number of aromatic amines is 1. The minimum atomic E-state index is -2.85. The number of rotatable bonds is 4. The van der Waals surface area contributed by atoms with Crippen LogP contribution in [0.25, 0.3) is 11.2 Å². The zero-order valence-corrected chi connectivity index (χ0v) is 13.3. The van der Waals surface area contributed by atoms with Crippen LogP contribution < -0.4 is 5.56 Å². The minimum Gasteiger partial charge on any atom is -0.394 e. The first kappa shape index (κ1) is 16.2. The van der Waals surface area contributed by atoms with E-state index in [1.54, 1.807) is 13.8 Å². The highest BCUT2D eigenvalue weighted by molar-refractivity contribution is 7.32. The topological polar surface area (TPSA) is 140 Å². The van der Waals surface area contributed by atoms with Crippen LogP contribution in [-0.4, -0.2) is 48.3 Å². The first-order chi connectivity index (χ1) is 10.9. The third-order valence-electron chi connectivity index (χ3n) is 3.92. The van der Waals surface area contributed by atoms with Gasteiger partial charge in [0.25, 0.3) is 5.56 Å². The Morgan fingerprint density at radius 2 is 2.30 bits per heavy atom. The van der Waals surface area contributed by atoms with Crippen molar-refractivity contribution in [2.24, 2.45) is 5.92 Å². The maximum absolute atomic E-state index is 11.9. The largest absolute Gasteiger partial charge is 0.695 e. The Hall–Kier alpha value is -1.71. The molecule has 124 valence electrons. The highest BCUT2D eigenvalue weighted by Gasteiger charge is 2.48. The summed E-state index contributed by atoms with van der Waals surface area (Å²) in [6, 6.07) is 0. The molecule has 3 N–H and O–H groups in total. The van der Waals surface area contributed by atoms with E-state index in [2.05, 4.69) is 15.0 Å². The van der Waals surface area contributed by atoms with Gasteiger partial charge in [0.15, 0.2) is 23.5 Å². The molecular formula is C12H16N4O6P+. The summed E-state index contributed by atoms with van der Waals surface area (Å²) >= 11 is 0. The number of nitrogens with one attached hydrogen (secondary N) is 1. The summed E-state index contributed by atoms with van der Waals surface area (Å²) in [6.45, 7) is 3.11. The number of aliphatic hydroxyl groups is 1. The van der Waals surface area contributed by atoms with Gasteiger partial charge in [0, 0.05) is 10.5 Å². The molecular weight excluding hydrogens is 327 g/mol. The summed E-state index contributed by atoms with van der Waals surface area (Å²) < 4.78 is 23.4. The first-order valence-corrected chi connectivity index (χ1v) is 8.08. The number of H-pyrrole nitrogens is 1. The smallest absolute Gasteiger partial charge is 0.394 e. The molecule has 5 atom stereocenters. The van der Waals surface area contributed by atoms with Gasteiger partial charge in [0.1, 0.15) is 5.82 Å². The van der Waals surface area contributed by atoms with E-state index >= 15 is 0 Å². The molecule has 0 spiro atoms. The number of aliphatic hydroxyl groups excluding tert-OH is 1. The van der Waals surface area contributed by atoms with E-state index in [-0.39, 0.29) is 29.2 Å². The maximum Gasteiger partial charge on any atom is 0.695 e. The predicted molar refractivity (Wildman–Crippen MR) is 77.7 cm³/mol. The van der Waals surface area contributed by atoms with Crippen molar-refractivity contribution in [3.05, 3.63) is 22.5 Å². The molecule has 0 amide bonds. The number of hydrogen-bond donors (Lipinski definition) is 3. The summed E-state index contributed by atoms with van der Waals surface area (Å²) in [5, 5.41) is 9.39. The van der Waals surface area contributed by atoms with E-state index in [0.717, 1.165) is 0 Å². The van der Waals surface area contributed by atoms with Gasteiger partial charge in [-0.1, -0.05) is 6.92 Å². The number of fused-ring (bicyclic) bond motifs is 1. The van der Waals surface area contributed by atoms with Crippen LogP contribution >= 0.6 is 8.25 Å². The first-order valence-electron chi connectivity index (χ1n) is 6.95. The van der Waals surface area contributed by atoms with Crippen LogP contribution in [0.5, 0.6) is 0 Å². The highest BCUT2D eigenvalue weighted by Crippen LogP contribution is 2.40. The van der Waals surface area contributed by atoms with Crippen LogP contribution in [0.3, 0.4) is 0 Å². The van der Waals surface area contributed by atoms with Crippen LogP contribution in [0.15, 0.2) is 11.1 Å². The Labute approximate surface area is 131 Å². The second-order valence-electron chi connectivity index (χ2n) is 5.39. The van der Waals surface area contributed by atoms with Crippen molar-refractivity contribution in [3.8, 4) is 0 Å². The van der Waals surface area contributed by atoms with Gasteiger partial charge in [-0.25, -0.2) is 9.97 Å². The molecule has 0 aliphatic carbocycles. The van der Waals surface area contributed by atoms with Gasteiger partial charge in [-0.15, -0.1) is 9.42 Å². The van der Waals surface area contributed by atoms with Crippen molar-refractivity contribution < 1.29 is 23.8 Å². The molecule has 0 radical (unpaired) electrons. The Morgan fingerprint density at radius 3 is 2.96 bits per heavy atom. The number of aromatic nitrogens is 4. The standard InChI is InChI=1S/C12H15N4O6P/c1-5-7(3-17)21-12(9(5)22-23(19)20)16-4-13-8-10(16)14-6(2)15-11(8)18/h4-5,7,9,12,17H,3H2,1-2H3,(H-,14,15,18,19,20)/p+1/t5?,7-,9+,12-/m1/s1. The number of nitrogens with zero attached hydrogens (tertiary/aromatic N) is 3. The fourth-order valence-electron chi connectivity index (χ4n) is 2.76. The summed E-state index contributed by atoms with van der Waals surface area (Å²) in [4.78, 5) is 31.8. The van der Waals surface area contributed by atoms with Gasteiger partial charge in [0.05, 0.1) is 19.0 Å². The van der Waals surface area contributed by atoms with Gasteiger partial charge in [-0.05, 0) is 6.92 Å². The van der Waals surface area contributed by atoms with E-state index < -0.39 is 26.7 Å². The third kappa shape index (κ3) is 2.79.